The normalized spacial score (nSPS) is 30.3. The zero-order valence-corrected chi connectivity index (χ0v) is 10.6. The van der Waals surface area contributed by atoms with E-state index < -0.39 is 0 Å². The average molecular weight is 240 g/mol. The van der Waals surface area contributed by atoms with Crippen molar-refractivity contribution in [3.05, 3.63) is 34.9 Å². The van der Waals surface area contributed by atoms with Gasteiger partial charge in [0.2, 0.25) is 0 Å². The minimum atomic E-state index is 0.0772. The van der Waals surface area contributed by atoms with Crippen LogP contribution in [0.5, 0.6) is 0 Å². The first-order valence-corrected chi connectivity index (χ1v) is 6.13. The number of hydrogen-bond acceptors (Lipinski definition) is 2. The summed E-state index contributed by atoms with van der Waals surface area (Å²) in [4.78, 5) is 0. The van der Waals surface area contributed by atoms with Crippen molar-refractivity contribution >= 4 is 11.6 Å². The molecular weight excluding hydrogens is 222 g/mol. The van der Waals surface area contributed by atoms with E-state index in [-0.39, 0.29) is 11.6 Å². The minimum absolute atomic E-state index is 0.0772. The highest BCUT2D eigenvalue weighted by Crippen LogP contribution is 2.29. The molecule has 1 aliphatic heterocycles. The molecule has 0 aromatic heterocycles. The molecule has 1 aromatic rings. The molecule has 2 rings (SSSR count). The molecule has 0 radical (unpaired) electrons. The van der Waals surface area contributed by atoms with Gasteiger partial charge >= 0.3 is 0 Å². The summed E-state index contributed by atoms with van der Waals surface area (Å²) in [7, 11) is 0. The second-order valence-corrected chi connectivity index (χ2v) is 5.02. The van der Waals surface area contributed by atoms with E-state index in [1.54, 1.807) is 0 Å². The third-order valence-corrected chi connectivity index (χ3v) is 3.69. The van der Waals surface area contributed by atoms with E-state index >= 15 is 0 Å². The fraction of sp³-hybridized carbons (Fsp3) is 0.538. The molecule has 1 heterocycles. The fourth-order valence-electron chi connectivity index (χ4n) is 1.90. The maximum atomic E-state index is 6.15. The van der Waals surface area contributed by atoms with Crippen molar-refractivity contribution in [3.63, 3.8) is 0 Å². The predicted octanol–water partition coefficient (Wildman–Crippen LogP) is 3.17. The molecule has 1 fully saturated rings. The monoisotopic (exact) mass is 239 g/mol. The van der Waals surface area contributed by atoms with Gasteiger partial charge in [0.1, 0.15) is 0 Å². The highest BCUT2D eigenvalue weighted by atomic mass is 35.5. The summed E-state index contributed by atoms with van der Waals surface area (Å²) >= 11 is 6.15. The highest BCUT2D eigenvalue weighted by Gasteiger charge is 2.30. The molecule has 0 aliphatic carbocycles. The second kappa shape index (κ2) is 4.74. The van der Waals surface area contributed by atoms with Crippen LogP contribution in [0.1, 0.15) is 31.9 Å². The second-order valence-electron chi connectivity index (χ2n) is 4.62. The lowest BCUT2D eigenvalue weighted by molar-refractivity contribution is -0.0298. The van der Waals surface area contributed by atoms with Crippen LogP contribution in [-0.2, 0) is 4.74 Å². The summed E-state index contributed by atoms with van der Waals surface area (Å²) in [6.45, 7) is 5.93. The van der Waals surface area contributed by atoms with Gasteiger partial charge in [-0.15, -0.1) is 0 Å². The van der Waals surface area contributed by atoms with Gasteiger partial charge in [-0.2, -0.15) is 0 Å². The fourth-order valence-corrected chi connectivity index (χ4v) is 2.15. The highest BCUT2D eigenvalue weighted by molar-refractivity contribution is 6.31. The van der Waals surface area contributed by atoms with Crippen molar-refractivity contribution < 1.29 is 4.74 Å². The summed E-state index contributed by atoms with van der Waals surface area (Å²) in [5.41, 5.74) is 1.19. The lowest BCUT2D eigenvalue weighted by atomic mass is 9.96. The largest absolute Gasteiger partial charge is 0.370 e. The maximum Gasteiger partial charge on any atom is 0.0964 e. The van der Waals surface area contributed by atoms with Crippen LogP contribution >= 0.6 is 11.6 Å². The Balaban J connectivity index is 2.07. The van der Waals surface area contributed by atoms with Gasteiger partial charge in [0, 0.05) is 22.7 Å². The van der Waals surface area contributed by atoms with E-state index in [0.717, 1.165) is 30.2 Å². The molecule has 88 valence electrons. The standard InChI is InChI=1S/C13H18ClNO/c1-3-13(2)9-16-12(8-15-13)10-6-4-5-7-11(10)14/h4-7,12,15H,3,8-9H2,1-2H3. The first-order valence-electron chi connectivity index (χ1n) is 5.76. The van der Waals surface area contributed by atoms with Gasteiger partial charge in [-0.05, 0) is 19.4 Å². The van der Waals surface area contributed by atoms with Gasteiger partial charge in [-0.1, -0.05) is 36.7 Å². The van der Waals surface area contributed by atoms with E-state index in [9.17, 15) is 0 Å². The number of hydrogen-bond donors (Lipinski definition) is 1. The van der Waals surface area contributed by atoms with E-state index in [1.807, 2.05) is 24.3 Å². The van der Waals surface area contributed by atoms with Crippen molar-refractivity contribution in [2.45, 2.75) is 31.9 Å². The van der Waals surface area contributed by atoms with Crippen LogP contribution in [0.25, 0.3) is 0 Å². The van der Waals surface area contributed by atoms with Gasteiger partial charge in [-0.25, -0.2) is 0 Å². The van der Waals surface area contributed by atoms with Gasteiger partial charge < -0.3 is 10.1 Å². The molecule has 3 heteroatoms. The average Bonchev–Trinajstić information content (AvgIpc) is 2.31. The number of nitrogens with one attached hydrogen (secondary N) is 1. The molecule has 0 bridgehead atoms. The summed E-state index contributed by atoms with van der Waals surface area (Å²) in [6.07, 6.45) is 1.15. The molecule has 2 unspecified atom stereocenters. The molecule has 0 spiro atoms. The lowest BCUT2D eigenvalue weighted by Crippen LogP contribution is -2.52. The molecule has 2 nitrogen and oxygen atoms in total. The van der Waals surface area contributed by atoms with Gasteiger partial charge in [0.15, 0.2) is 0 Å². The summed E-state index contributed by atoms with van der Waals surface area (Å²) in [5, 5.41) is 4.32. The number of morpholine rings is 1. The Kier molecular flexibility index (Phi) is 3.53. The summed E-state index contributed by atoms with van der Waals surface area (Å²) in [5.74, 6) is 0. The first-order chi connectivity index (χ1) is 7.64. The topological polar surface area (TPSA) is 21.3 Å². The van der Waals surface area contributed by atoms with Crippen molar-refractivity contribution in [2.24, 2.45) is 0 Å². The van der Waals surface area contributed by atoms with Crippen LogP contribution in [0, 0.1) is 0 Å². The van der Waals surface area contributed by atoms with Crippen molar-refractivity contribution in [1.29, 1.82) is 0 Å². The zero-order valence-electron chi connectivity index (χ0n) is 9.79. The molecule has 16 heavy (non-hydrogen) atoms. The smallest absolute Gasteiger partial charge is 0.0964 e. The Morgan fingerprint density at radius 1 is 1.50 bits per heavy atom. The third-order valence-electron chi connectivity index (χ3n) is 3.35. The Morgan fingerprint density at radius 2 is 2.25 bits per heavy atom. The maximum absolute atomic E-state index is 6.15. The first kappa shape index (κ1) is 11.9. The van der Waals surface area contributed by atoms with Crippen LogP contribution in [0.15, 0.2) is 24.3 Å². The number of halogens is 1. The van der Waals surface area contributed by atoms with Gasteiger partial charge in [0.05, 0.1) is 12.7 Å². The Hall–Kier alpha value is -0.570. The Bertz CT molecular complexity index is 359. The van der Waals surface area contributed by atoms with Crippen molar-refractivity contribution in [1.82, 2.24) is 5.32 Å². The van der Waals surface area contributed by atoms with Crippen molar-refractivity contribution in [2.75, 3.05) is 13.2 Å². The van der Waals surface area contributed by atoms with E-state index in [2.05, 4.69) is 19.2 Å². The molecule has 1 aliphatic rings. The summed E-state index contributed by atoms with van der Waals surface area (Å²) < 4.78 is 5.90. The number of benzene rings is 1. The van der Waals surface area contributed by atoms with Gasteiger partial charge in [-0.3, -0.25) is 0 Å². The minimum Gasteiger partial charge on any atom is -0.370 e. The van der Waals surface area contributed by atoms with Crippen LogP contribution in [0.4, 0.5) is 0 Å². The molecule has 0 saturated carbocycles. The van der Waals surface area contributed by atoms with Crippen LogP contribution < -0.4 is 5.32 Å². The third kappa shape index (κ3) is 2.40. The van der Waals surface area contributed by atoms with E-state index in [1.165, 1.54) is 0 Å². The number of ether oxygens (including phenoxy) is 1. The molecule has 0 amide bonds. The molecule has 1 saturated heterocycles. The molecule has 1 aromatic carbocycles. The molecule has 1 N–H and O–H groups in total. The summed E-state index contributed by atoms with van der Waals surface area (Å²) in [6, 6.07) is 7.88. The SMILES string of the molecule is CCC1(C)COC(c2ccccc2Cl)CN1. The lowest BCUT2D eigenvalue weighted by Gasteiger charge is -2.38. The Labute approximate surface area is 102 Å². The van der Waals surface area contributed by atoms with E-state index in [4.69, 9.17) is 16.3 Å². The van der Waals surface area contributed by atoms with E-state index in [0.29, 0.717) is 0 Å². The van der Waals surface area contributed by atoms with Crippen LogP contribution in [0.2, 0.25) is 5.02 Å². The van der Waals surface area contributed by atoms with Gasteiger partial charge in [0.25, 0.3) is 0 Å². The quantitative estimate of drug-likeness (QED) is 0.856. The number of rotatable bonds is 2. The Morgan fingerprint density at radius 3 is 2.81 bits per heavy atom. The molecular formula is C13H18ClNO. The van der Waals surface area contributed by atoms with Crippen molar-refractivity contribution in [3.8, 4) is 0 Å². The zero-order chi connectivity index (χ0) is 11.6. The molecule has 2 atom stereocenters. The van der Waals surface area contributed by atoms with Crippen LogP contribution in [-0.4, -0.2) is 18.7 Å². The van der Waals surface area contributed by atoms with Crippen LogP contribution in [0.3, 0.4) is 0 Å². The predicted molar refractivity (Wildman–Crippen MR) is 66.8 cm³/mol.